The van der Waals surface area contributed by atoms with E-state index in [-0.39, 0.29) is 52.7 Å². The average molecular weight is 474 g/mol. The summed E-state index contributed by atoms with van der Waals surface area (Å²) in [5.41, 5.74) is -0.252. The van der Waals surface area contributed by atoms with Crippen molar-refractivity contribution in [3.05, 3.63) is 11.6 Å². The molecule has 34 heavy (non-hydrogen) atoms. The van der Waals surface area contributed by atoms with E-state index < -0.39 is 10.8 Å². The molecule has 6 fully saturated rings. The van der Waals surface area contributed by atoms with Crippen LogP contribution >= 0.6 is 0 Å². The summed E-state index contributed by atoms with van der Waals surface area (Å²) >= 11 is 0. The molecule has 4 saturated carbocycles. The van der Waals surface area contributed by atoms with Gasteiger partial charge in [-0.1, -0.05) is 11.6 Å². The van der Waals surface area contributed by atoms with Gasteiger partial charge in [0.1, 0.15) is 5.60 Å². The Bertz CT molecular complexity index is 951. The molecule has 1 amide bonds. The fourth-order valence-corrected chi connectivity index (χ4v) is 8.73. The minimum absolute atomic E-state index is 0.0751. The molecule has 0 aromatic rings. The molecule has 9 atom stereocenters. The third-order valence-electron chi connectivity index (χ3n) is 10.9. The lowest BCUT2D eigenvalue weighted by Crippen LogP contribution is -2.62. The van der Waals surface area contributed by atoms with Crippen molar-refractivity contribution in [3.8, 4) is 0 Å². The average Bonchev–Trinajstić information content (AvgIpc) is 3.73. The van der Waals surface area contributed by atoms with Crippen LogP contribution < -0.4 is 5.32 Å². The molecule has 4 aliphatic carbocycles. The number of allylic oxidation sites excluding steroid dienone is 1. The van der Waals surface area contributed by atoms with Gasteiger partial charge in [0, 0.05) is 18.4 Å². The normalized spacial score (nSPS) is 51.6. The number of amides is 1. The molecule has 2 spiro atoms. The fraction of sp³-hybridized carbons (Fsp3) is 0.852. The zero-order valence-corrected chi connectivity index (χ0v) is 21.2. The first-order valence-corrected chi connectivity index (χ1v) is 13.0. The van der Waals surface area contributed by atoms with Crippen LogP contribution in [0.1, 0.15) is 72.1 Å². The summed E-state index contributed by atoms with van der Waals surface area (Å²) in [5, 5.41) is 3.43. The molecule has 0 bridgehead atoms. The Morgan fingerprint density at radius 2 is 1.79 bits per heavy atom. The minimum atomic E-state index is -0.424. The monoisotopic (exact) mass is 473 g/mol. The van der Waals surface area contributed by atoms with Gasteiger partial charge in [-0.25, -0.2) is 0 Å². The number of ether oxygens (including phenoxy) is 4. The van der Waals surface area contributed by atoms with Crippen LogP contribution in [0.4, 0.5) is 0 Å². The predicted molar refractivity (Wildman–Crippen MR) is 124 cm³/mol. The summed E-state index contributed by atoms with van der Waals surface area (Å²) in [7, 11) is 3.21. The second-order valence-electron chi connectivity index (χ2n) is 12.4. The van der Waals surface area contributed by atoms with E-state index in [9.17, 15) is 9.59 Å². The van der Waals surface area contributed by atoms with Crippen LogP contribution in [-0.2, 0) is 28.5 Å². The van der Waals surface area contributed by atoms with Crippen molar-refractivity contribution in [2.24, 2.45) is 22.2 Å². The Morgan fingerprint density at radius 1 is 1.09 bits per heavy atom. The summed E-state index contributed by atoms with van der Waals surface area (Å²) in [6, 6.07) is -0.0821. The third-order valence-corrected chi connectivity index (χ3v) is 10.9. The Morgan fingerprint density at radius 3 is 2.38 bits per heavy atom. The molecule has 2 aliphatic heterocycles. The van der Waals surface area contributed by atoms with Gasteiger partial charge in [-0.2, -0.15) is 0 Å². The summed E-state index contributed by atoms with van der Waals surface area (Å²) in [6.07, 6.45) is 9.01. The van der Waals surface area contributed by atoms with Crippen LogP contribution in [0.5, 0.6) is 0 Å². The summed E-state index contributed by atoms with van der Waals surface area (Å²) in [6.45, 7) is 7.15. The maximum Gasteiger partial charge on any atom is 0.312 e. The second-order valence-corrected chi connectivity index (χ2v) is 12.4. The van der Waals surface area contributed by atoms with E-state index >= 15 is 0 Å². The SMILES string of the molecule is COC(=O)C12CCC3(C(=O)N[C@@H]4CC[C@]5(CO5)[C@@H]([C@@]5(C)O[C@@H]5CC=C(C)C)[C@@H]4OC)CCC31C2. The van der Waals surface area contributed by atoms with Crippen LogP contribution in [0.3, 0.4) is 0 Å². The second kappa shape index (κ2) is 7.07. The molecular weight excluding hydrogens is 434 g/mol. The molecule has 0 radical (unpaired) electrons. The molecule has 2 saturated heterocycles. The van der Waals surface area contributed by atoms with Crippen molar-refractivity contribution in [1.82, 2.24) is 5.32 Å². The fourth-order valence-electron chi connectivity index (χ4n) is 8.73. The highest BCUT2D eigenvalue weighted by atomic mass is 16.6. The molecule has 2 heterocycles. The van der Waals surface area contributed by atoms with Crippen LogP contribution in [0.15, 0.2) is 11.6 Å². The van der Waals surface area contributed by atoms with Crippen LogP contribution in [-0.4, -0.2) is 62.2 Å². The van der Waals surface area contributed by atoms with Crippen molar-refractivity contribution in [1.29, 1.82) is 0 Å². The minimum Gasteiger partial charge on any atom is -0.469 e. The number of hydrogen-bond acceptors (Lipinski definition) is 6. The summed E-state index contributed by atoms with van der Waals surface area (Å²) in [5.74, 6) is 0.0676. The van der Waals surface area contributed by atoms with E-state index in [4.69, 9.17) is 18.9 Å². The third kappa shape index (κ3) is 2.69. The summed E-state index contributed by atoms with van der Waals surface area (Å²) < 4.78 is 23.6. The van der Waals surface area contributed by atoms with Gasteiger partial charge in [-0.15, -0.1) is 0 Å². The standard InChI is InChI=1S/C27H39NO6/c1-16(2)6-7-18-23(3,34-18)20-19(31-4)17(8-9-26(20)15-33-26)28-21(29)24-10-11-25(22(30)32-5)14-27(24,25)13-12-24/h6,17-20H,7-15H2,1-5H3,(H,28,29)/t17-,18-,19-,20-,23+,24?,25?,26+,27?/m1/s1. The van der Waals surface area contributed by atoms with E-state index in [1.54, 1.807) is 7.11 Å². The van der Waals surface area contributed by atoms with Crippen molar-refractivity contribution in [3.63, 3.8) is 0 Å². The molecule has 7 heteroatoms. The highest BCUT2D eigenvalue weighted by Gasteiger charge is 2.88. The first kappa shape index (κ1) is 23.0. The zero-order valence-electron chi connectivity index (χ0n) is 21.2. The Kier molecular flexibility index (Phi) is 4.78. The first-order valence-electron chi connectivity index (χ1n) is 13.0. The lowest BCUT2D eigenvalue weighted by molar-refractivity contribution is -0.154. The van der Waals surface area contributed by atoms with E-state index in [0.717, 1.165) is 58.0 Å². The number of epoxide rings is 2. The molecule has 6 rings (SSSR count). The summed E-state index contributed by atoms with van der Waals surface area (Å²) in [4.78, 5) is 26.4. The topological polar surface area (TPSA) is 89.7 Å². The van der Waals surface area contributed by atoms with Gasteiger partial charge in [-0.3, -0.25) is 9.59 Å². The number of hydrogen-bond donors (Lipinski definition) is 1. The van der Waals surface area contributed by atoms with Crippen molar-refractivity contribution < 1.29 is 28.5 Å². The van der Waals surface area contributed by atoms with Crippen LogP contribution in [0.25, 0.3) is 0 Å². The maximum atomic E-state index is 13.8. The molecule has 3 unspecified atom stereocenters. The van der Waals surface area contributed by atoms with Crippen molar-refractivity contribution in [2.75, 3.05) is 20.8 Å². The highest BCUT2D eigenvalue weighted by molar-refractivity contribution is 5.93. The molecule has 1 N–H and O–H groups in total. The quantitative estimate of drug-likeness (QED) is 0.347. The molecule has 0 aromatic heterocycles. The lowest BCUT2D eigenvalue weighted by atomic mass is 9.56. The van der Waals surface area contributed by atoms with E-state index in [0.29, 0.717) is 0 Å². The van der Waals surface area contributed by atoms with Gasteiger partial charge in [0.05, 0.1) is 48.4 Å². The number of esters is 1. The van der Waals surface area contributed by atoms with Gasteiger partial charge in [0.15, 0.2) is 0 Å². The first-order chi connectivity index (χ1) is 16.1. The van der Waals surface area contributed by atoms with Crippen LogP contribution in [0, 0.1) is 22.2 Å². The highest BCUT2D eigenvalue weighted by Crippen LogP contribution is 2.88. The molecular formula is C27H39NO6. The Labute approximate surface area is 202 Å². The van der Waals surface area contributed by atoms with E-state index in [2.05, 4.69) is 32.2 Å². The molecule has 6 aliphatic rings. The molecule has 7 nitrogen and oxygen atoms in total. The van der Waals surface area contributed by atoms with Gasteiger partial charge in [0.25, 0.3) is 0 Å². The van der Waals surface area contributed by atoms with Crippen molar-refractivity contribution >= 4 is 11.9 Å². The maximum absolute atomic E-state index is 13.8. The van der Waals surface area contributed by atoms with Crippen LogP contribution in [0.2, 0.25) is 0 Å². The lowest BCUT2D eigenvalue weighted by Gasteiger charge is -2.49. The largest absolute Gasteiger partial charge is 0.469 e. The van der Waals surface area contributed by atoms with E-state index in [1.165, 1.54) is 12.7 Å². The zero-order chi connectivity index (χ0) is 24.1. The van der Waals surface area contributed by atoms with Gasteiger partial charge < -0.3 is 24.3 Å². The molecule has 0 aromatic carbocycles. The Hall–Kier alpha value is -1.44. The van der Waals surface area contributed by atoms with Gasteiger partial charge in [-0.05, 0) is 72.1 Å². The predicted octanol–water partition coefficient (Wildman–Crippen LogP) is 3.30. The smallest absolute Gasteiger partial charge is 0.312 e. The number of rotatable bonds is 7. The van der Waals surface area contributed by atoms with E-state index in [1.807, 2.05) is 0 Å². The Balaban J connectivity index is 1.21. The molecule has 188 valence electrons. The number of carbonyl (C=O) groups is 2. The number of carbonyl (C=O) groups excluding carboxylic acids is 2. The number of methoxy groups -OCH3 is 2. The van der Waals surface area contributed by atoms with Gasteiger partial charge in [0.2, 0.25) is 5.91 Å². The van der Waals surface area contributed by atoms with Crippen molar-refractivity contribution in [2.45, 2.75) is 102 Å². The van der Waals surface area contributed by atoms with Gasteiger partial charge >= 0.3 is 5.97 Å². The number of nitrogens with one attached hydrogen (secondary N) is 1.